The summed E-state index contributed by atoms with van der Waals surface area (Å²) >= 11 is 0. The highest BCUT2D eigenvalue weighted by Crippen LogP contribution is 2.14. The van der Waals surface area contributed by atoms with Gasteiger partial charge in [0.1, 0.15) is 0 Å². The second-order valence-corrected chi connectivity index (χ2v) is 2.53. The molecule has 58 valence electrons. The van der Waals surface area contributed by atoms with Crippen LogP contribution >= 0.6 is 0 Å². The van der Waals surface area contributed by atoms with Crippen molar-refractivity contribution in [3.63, 3.8) is 0 Å². The Kier molecular flexibility index (Phi) is 5.00. The highest BCUT2D eigenvalue weighted by molar-refractivity contribution is 5.10. The van der Waals surface area contributed by atoms with Crippen LogP contribution in [0.1, 0.15) is 34.1 Å². The van der Waals surface area contributed by atoms with E-state index in [2.05, 4.69) is 45.9 Å². The van der Waals surface area contributed by atoms with E-state index in [0.717, 1.165) is 0 Å². The minimum absolute atomic E-state index is 0.625. The predicted octanol–water partition coefficient (Wildman–Crippen LogP) is 3.55. The second-order valence-electron chi connectivity index (χ2n) is 2.53. The number of hydrogen-bond donors (Lipinski definition) is 0. The molecule has 0 aliphatic rings. The Morgan fingerprint density at radius 2 is 2.00 bits per heavy atom. The van der Waals surface area contributed by atoms with E-state index in [0.29, 0.717) is 5.92 Å². The Morgan fingerprint density at radius 3 is 2.30 bits per heavy atom. The summed E-state index contributed by atoms with van der Waals surface area (Å²) < 4.78 is 0. The number of hydrogen-bond acceptors (Lipinski definition) is 0. The van der Waals surface area contributed by atoms with Gasteiger partial charge in [0.15, 0.2) is 0 Å². The molecule has 0 heteroatoms. The molecule has 0 aliphatic carbocycles. The van der Waals surface area contributed by atoms with Gasteiger partial charge in [0.25, 0.3) is 0 Å². The van der Waals surface area contributed by atoms with Crippen LogP contribution in [-0.2, 0) is 0 Å². The van der Waals surface area contributed by atoms with Gasteiger partial charge in [-0.25, -0.2) is 0 Å². The average Bonchev–Trinajstić information content (AvgIpc) is 1.91. The lowest BCUT2D eigenvalue weighted by molar-refractivity contribution is 0.805. The third-order valence-electron chi connectivity index (χ3n) is 1.85. The summed E-state index contributed by atoms with van der Waals surface area (Å²) in [6.07, 6.45) is 7.73. The molecular weight excluding hydrogens is 120 g/mol. The lowest BCUT2D eigenvalue weighted by Crippen LogP contribution is -1.93. The van der Waals surface area contributed by atoms with Crippen molar-refractivity contribution in [3.8, 4) is 0 Å². The predicted molar refractivity (Wildman–Crippen MR) is 48.0 cm³/mol. The zero-order chi connectivity index (χ0) is 7.98. The molecule has 10 heavy (non-hydrogen) atoms. The average molecular weight is 138 g/mol. The van der Waals surface area contributed by atoms with E-state index in [9.17, 15) is 0 Å². The standard InChI is InChI=1S/C10H18/c1-5-8-9(4)10(6-2)7-3/h5-6,8-9H,7H2,1-4H3. The molecule has 0 aromatic rings. The molecule has 0 fully saturated rings. The number of rotatable bonds is 3. The van der Waals surface area contributed by atoms with Crippen LogP contribution in [0.25, 0.3) is 0 Å². The fraction of sp³-hybridized carbons (Fsp3) is 0.600. The Hall–Kier alpha value is -0.520. The highest BCUT2D eigenvalue weighted by atomic mass is 14.0. The molecule has 0 N–H and O–H groups in total. The van der Waals surface area contributed by atoms with Crippen LogP contribution < -0.4 is 0 Å². The molecule has 0 nitrogen and oxygen atoms in total. The van der Waals surface area contributed by atoms with Crippen molar-refractivity contribution >= 4 is 0 Å². The van der Waals surface area contributed by atoms with Crippen molar-refractivity contribution < 1.29 is 0 Å². The van der Waals surface area contributed by atoms with Gasteiger partial charge in [-0.1, -0.05) is 37.6 Å². The van der Waals surface area contributed by atoms with Gasteiger partial charge in [-0.2, -0.15) is 0 Å². The molecule has 0 aromatic carbocycles. The lowest BCUT2D eigenvalue weighted by Gasteiger charge is -2.08. The summed E-state index contributed by atoms with van der Waals surface area (Å²) in [6.45, 7) is 8.62. The fourth-order valence-electron chi connectivity index (χ4n) is 1.20. The molecule has 1 unspecified atom stereocenters. The minimum Gasteiger partial charge on any atom is -0.0911 e. The maximum Gasteiger partial charge on any atom is -0.00520 e. The third kappa shape index (κ3) is 2.86. The smallest absolute Gasteiger partial charge is 0.00520 e. The van der Waals surface area contributed by atoms with E-state index in [4.69, 9.17) is 0 Å². The van der Waals surface area contributed by atoms with Crippen molar-refractivity contribution in [1.82, 2.24) is 0 Å². The zero-order valence-electron chi connectivity index (χ0n) is 7.52. The second kappa shape index (κ2) is 5.28. The summed E-state index contributed by atoms with van der Waals surface area (Å²) in [5.41, 5.74) is 1.53. The fourth-order valence-corrected chi connectivity index (χ4v) is 1.20. The van der Waals surface area contributed by atoms with Crippen LogP contribution in [0.15, 0.2) is 23.8 Å². The van der Waals surface area contributed by atoms with Gasteiger partial charge < -0.3 is 0 Å². The molecule has 1 atom stereocenters. The van der Waals surface area contributed by atoms with E-state index < -0.39 is 0 Å². The van der Waals surface area contributed by atoms with Crippen molar-refractivity contribution in [2.75, 3.05) is 0 Å². The normalized spacial score (nSPS) is 16.2. The summed E-state index contributed by atoms with van der Waals surface area (Å²) in [7, 11) is 0. The largest absolute Gasteiger partial charge is 0.0911 e. The minimum atomic E-state index is 0.625. The van der Waals surface area contributed by atoms with Gasteiger partial charge in [0.2, 0.25) is 0 Å². The van der Waals surface area contributed by atoms with E-state index in [-0.39, 0.29) is 0 Å². The van der Waals surface area contributed by atoms with Gasteiger partial charge in [-0.15, -0.1) is 0 Å². The van der Waals surface area contributed by atoms with Crippen molar-refractivity contribution in [2.24, 2.45) is 5.92 Å². The molecular formula is C10H18. The molecule has 0 saturated heterocycles. The Morgan fingerprint density at radius 1 is 1.40 bits per heavy atom. The monoisotopic (exact) mass is 138 g/mol. The van der Waals surface area contributed by atoms with Gasteiger partial charge in [0.05, 0.1) is 0 Å². The molecule has 0 heterocycles. The first-order valence-corrected chi connectivity index (χ1v) is 4.04. The molecule has 0 amide bonds. The Bertz CT molecular complexity index is 129. The van der Waals surface area contributed by atoms with Crippen LogP contribution in [0.2, 0.25) is 0 Å². The SMILES string of the molecule is CC=CC(C)C(=CC)CC. The summed E-state index contributed by atoms with van der Waals surface area (Å²) in [5.74, 6) is 0.625. The summed E-state index contributed by atoms with van der Waals surface area (Å²) in [6, 6.07) is 0. The molecule has 0 rings (SSSR count). The maximum absolute atomic E-state index is 2.23. The zero-order valence-corrected chi connectivity index (χ0v) is 7.52. The highest BCUT2D eigenvalue weighted by Gasteiger charge is 1.99. The van der Waals surface area contributed by atoms with Crippen LogP contribution in [0.4, 0.5) is 0 Å². The third-order valence-corrected chi connectivity index (χ3v) is 1.85. The summed E-state index contributed by atoms with van der Waals surface area (Å²) in [4.78, 5) is 0. The molecule has 0 spiro atoms. The van der Waals surface area contributed by atoms with Crippen molar-refractivity contribution in [1.29, 1.82) is 0 Å². The van der Waals surface area contributed by atoms with Gasteiger partial charge in [0, 0.05) is 0 Å². The van der Waals surface area contributed by atoms with Crippen molar-refractivity contribution in [2.45, 2.75) is 34.1 Å². The van der Waals surface area contributed by atoms with E-state index in [1.54, 1.807) is 0 Å². The summed E-state index contributed by atoms with van der Waals surface area (Å²) in [5, 5.41) is 0. The topological polar surface area (TPSA) is 0 Å². The quantitative estimate of drug-likeness (QED) is 0.523. The van der Waals surface area contributed by atoms with E-state index in [1.165, 1.54) is 12.0 Å². The van der Waals surface area contributed by atoms with Crippen LogP contribution in [0, 0.1) is 5.92 Å². The van der Waals surface area contributed by atoms with Crippen molar-refractivity contribution in [3.05, 3.63) is 23.8 Å². The van der Waals surface area contributed by atoms with Gasteiger partial charge in [-0.3, -0.25) is 0 Å². The van der Waals surface area contributed by atoms with Crippen LogP contribution in [-0.4, -0.2) is 0 Å². The first kappa shape index (κ1) is 9.48. The van der Waals surface area contributed by atoms with Gasteiger partial charge >= 0.3 is 0 Å². The molecule has 0 bridgehead atoms. The Balaban J connectivity index is 4.03. The van der Waals surface area contributed by atoms with Crippen LogP contribution in [0.5, 0.6) is 0 Å². The molecule has 0 aromatic heterocycles. The first-order chi connectivity index (χ1) is 4.76. The maximum atomic E-state index is 2.23. The molecule has 0 radical (unpaired) electrons. The first-order valence-electron chi connectivity index (χ1n) is 4.04. The van der Waals surface area contributed by atoms with Crippen LogP contribution in [0.3, 0.4) is 0 Å². The van der Waals surface area contributed by atoms with E-state index in [1.807, 2.05) is 0 Å². The molecule has 0 aliphatic heterocycles. The van der Waals surface area contributed by atoms with E-state index >= 15 is 0 Å². The molecule has 0 saturated carbocycles. The van der Waals surface area contributed by atoms with Gasteiger partial charge in [-0.05, 0) is 26.2 Å². The Labute approximate surface area is 64.6 Å². The number of allylic oxidation sites excluding steroid dienone is 4. The lowest BCUT2D eigenvalue weighted by atomic mass is 9.98.